The van der Waals surface area contributed by atoms with Gasteiger partial charge in [0.15, 0.2) is 0 Å². The van der Waals surface area contributed by atoms with Gasteiger partial charge in [-0.2, -0.15) is 0 Å². The van der Waals surface area contributed by atoms with Crippen LogP contribution in [0.1, 0.15) is 55.2 Å². The van der Waals surface area contributed by atoms with Crippen LogP contribution in [0.5, 0.6) is 0 Å². The number of nitrogens with one attached hydrogen (secondary N) is 2. The van der Waals surface area contributed by atoms with Crippen LogP contribution in [0, 0.1) is 6.92 Å². The number of nitrogens with zero attached hydrogens (tertiary/aromatic N) is 2. The molecule has 1 aliphatic carbocycles. The lowest BCUT2D eigenvalue weighted by atomic mass is 9.95. The maximum atomic E-state index is 12.1. The van der Waals surface area contributed by atoms with Gasteiger partial charge in [-0.3, -0.25) is 0 Å². The minimum Gasteiger partial charge on any atom is -0.462 e. The Bertz CT molecular complexity index is 757. The van der Waals surface area contributed by atoms with E-state index in [4.69, 9.17) is 4.74 Å². The number of esters is 1. The van der Waals surface area contributed by atoms with E-state index in [1.165, 1.54) is 32.1 Å². The Labute approximate surface area is 154 Å². The predicted molar refractivity (Wildman–Crippen MR) is 103 cm³/mol. The van der Waals surface area contributed by atoms with Crippen molar-refractivity contribution in [1.82, 2.24) is 9.97 Å². The fraction of sp³-hybridized carbons (Fsp3) is 0.450. The van der Waals surface area contributed by atoms with Crippen LogP contribution in [0.3, 0.4) is 0 Å². The normalized spacial score (nSPS) is 14.7. The van der Waals surface area contributed by atoms with Gasteiger partial charge >= 0.3 is 5.97 Å². The number of ether oxygens (including phenoxy) is 1. The largest absolute Gasteiger partial charge is 0.462 e. The van der Waals surface area contributed by atoms with Crippen molar-refractivity contribution < 1.29 is 9.53 Å². The average molecular weight is 354 g/mol. The number of anilines is 3. The molecule has 0 aliphatic heterocycles. The molecule has 3 rings (SSSR count). The zero-order chi connectivity index (χ0) is 18.4. The Morgan fingerprint density at radius 2 is 1.88 bits per heavy atom. The van der Waals surface area contributed by atoms with E-state index in [-0.39, 0.29) is 5.97 Å². The predicted octanol–water partition coefficient (Wildman–Crippen LogP) is 4.45. The summed E-state index contributed by atoms with van der Waals surface area (Å²) >= 11 is 0. The number of aromatic nitrogens is 2. The van der Waals surface area contributed by atoms with Gasteiger partial charge in [0.05, 0.1) is 17.9 Å². The number of benzene rings is 1. The smallest absolute Gasteiger partial charge is 0.340 e. The summed E-state index contributed by atoms with van der Waals surface area (Å²) in [6.45, 7) is 4.01. The lowest BCUT2D eigenvalue weighted by molar-refractivity contribution is 0.0527. The summed E-state index contributed by atoms with van der Waals surface area (Å²) in [6, 6.07) is 9.65. The van der Waals surface area contributed by atoms with Crippen molar-refractivity contribution in [2.45, 2.75) is 52.0 Å². The quantitative estimate of drug-likeness (QED) is 0.747. The van der Waals surface area contributed by atoms with Crippen LogP contribution in [0.25, 0.3) is 0 Å². The molecule has 6 nitrogen and oxygen atoms in total. The van der Waals surface area contributed by atoms with Gasteiger partial charge in [0.25, 0.3) is 0 Å². The first kappa shape index (κ1) is 18.2. The van der Waals surface area contributed by atoms with Gasteiger partial charge in [-0.25, -0.2) is 14.8 Å². The lowest BCUT2D eigenvalue weighted by Gasteiger charge is -2.23. The van der Waals surface area contributed by atoms with Gasteiger partial charge in [0.2, 0.25) is 0 Å². The number of carbonyl (C=O) groups excluding carboxylic acids is 1. The van der Waals surface area contributed by atoms with Gasteiger partial charge in [-0.1, -0.05) is 31.4 Å². The van der Waals surface area contributed by atoms with E-state index < -0.39 is 0 Å². The molecule has 2 N–H and O–H groups in total. The van der Waals surface area contributed by atoms with E-state index in [0.717, 1.165) is 5.82 Å². The van der Waals surface area contributed by atoms with Crippen LogP contribution in [-0.2, 0) is 4.74 Å². The molecular weight excluding hydrogens is 328 g/mol. The molecule has 0 radical (unpaired) electrons. The summed E-state index contributed by atoms with van der Waals surface area (Å²) < 4.78 is 5.13. The monoisotopic (exact) mass is 354 g/mol. The van der Waals surface area contributed by atoms with Crippen molar-refractivity contribution in [1.29, 1.82) is 0 Å². The van der Waals surface area contributed by atoms with E-state index in [1.54, 1.807) is 13.0 Å². The Balaban J connectivity index is 1.79. The lowest BCUT2D eigenvalue weighted by Crippen LogP contribution is -2.23. The molecule has 0 bridgehead atoms. The number of aryl methyl sites for hydroxylation is 1. The molecule has 0 unspecified atom stereocenters. The first-order valence-corrected chi connectivity index (χ1v) is 9.31. The molecule has 0 spiro atoms. The summed E-state index contributed by atoms with van der Waals surface area (Å²) in [7, 11) is 0. The van der Waals surface area contributed by atoms with Crippen molar-refractivity contribution in [3.63, 3.8) is 0 Å². The maximum absolute atomic E-state index is 12.1. The molecule has 0 amide bonds. The standard InChI is InChI=1S/C20H26N4O2/c1-3-26-20(25)16-11-7-8-12-17(16)24-19-13-18(21-14(2)22-19)23-15-9-5-4-6-10-15/h7-8,11-13,15H,3-6,9-10H2,1-2H3,(H2,21,22,23,24). The first-order chi connectivity index (χ1) is 12.7. The fourth-order valence-electron chi connectivity index (χ4n) is 3.28. The molecule has 1 heterocycles. The highest BCUT2D eigenvalue weighted by molar-refractivity contribution is 5.96. The molecule has 1 aromatic heterocycles. The number of hydrogen-bond donors (Lipinski definition) is 2. The van der Waals surface area contributed by atoms with Crippen LogP contribution in [0.2, 0.25) is 0 Å². The molecule has 1 aliphatic rings. The third kappa shape index (κ3) is 4.71. The molecule has 138 valence electrons. The summed E-state index contributed by atoms with van der Waals surface area (Å²) in [5.41, 5.74) is 1.17. The molecule has 2 aromatic rings. The Kier molecular flexibility index (Phi) is 6.04. The van der Waals surface area contributed by atoms with E-state index in [0.29, 0.717) is 35.5 Å². The Morgan fingerprint density at radius 3 is 2.65 bits per heavy atom. The van der Waals surface area contributed by atoms with Gasteiger partial charge in [0.1, 0.15) is 17.5 Å². The maximum Gasteiger partial charge on any atom is 0.340 e. The second-order valence-electron chi connectivity index (χ2n) is 6.56. The van der Waals surface area contributed by atoms with Crippen molar-refractivity contribution in [3.8, 4) is 0 Å². The number of rotatable bonds is 6. The van der Waals surface area contributed by atoms with Crippen molar-refractivity contribution >= 4 is 23.3 Å². The van der Waals surface area contributed by atoms with Crippen LogP contribution in [-0.4, -0.2) is 28.6 Å². The highest BCUT2D eigenvalue weighted by Crippen LogP contribution is 2.24. The van der Waals surface area contributed by atoms with E-state index in [1.807, 2.05) is 31.2 Å². The van der Waals surface area contributed by atoms with Crippen molar-refractivity contribution in [3.05, 3.63) is 41.7 Å². The van der Waals surface area contributed by atoms with Crippen LogP contribution in [0.15, 0.2) is 30.3 Å². The second-order valence-corrected chi connectivity index (χ2v) is 6.56. The minimum atomic E-state index is -0.345. The molecule has 1 fully saturated rings. The van der Waals surface area contributed by atoms with Crippen molar-refractivity contribution in [2.24, 2.45) is 0 Å². The third-order valence-electron chi connectivity index (χ3n) is 4.48. The number of hydrogen-bond acceptors (Lipinski definition) is 6. The number of carbonyl (C=O) groups is 1. The fourth-order valence-corrected chi connectivity index (χ4v) is 3.28. The molecule has 26 heavy (non-hydrogen) atoms. The molecule has 0 atom stereocenters. The van der Waals surface area contributed by atoms with Crippen LogP contribution in [0.4, 0.5) is 17.3 Å². The minimum absolute atomic E-state index is 0.342. The Morgan fingerprint density at radius 1 is 1.15 bits per heavy atom. The van der Waals surface area contributed by atoms with Gasteiger partial charge in [-0.15, -0.1) is 0 Å². The first-order valence-electron chi connectivity index (χ1n) is 9.31. The van der Waals surface area contributed by atoms with E-state index in [2.05, 4.69) is 20.6 Å². The molecule has 0 saturated heterocycles. The number of para-hydroxylation sites is 1. The molecule has 1 aromatic carbocycles. The zero-order valence-corrected chi connectivity index (χ0v) is 15.4. The summed E-state index contributed by atoms with van der Waals surface area (Å²) in [5, 5.41) is 6.76. The molecular formula is C20H26N4O2. The van der Waals surface area contributed by atoms with Gasteiger partial charge < -0.3 is 15.4 Å². The topological polar surface area (TPSA) is 76.1 Å². The third-order valence-corrected chi connectivity index (χ3v) is 4.48. The van der Waals surface area contributed by atoms with Crippen LogP contribution < -0.4 is 10.6 Å². The second kappa shape index (κ2) is 8.65. The van der Waals surface area contributed by atoms with Crippen molar-refractivity contribution in [2.75, 3.05) is 17.2 Å². The van der Waals surface area contributed by atoms with Gasteiger partial charge in [0, 0.05) is 12.1 Å². The molecule has 1 saturated carbocycles. The summed E-state index contributed by atoms with van der Waals surface area (Å²) in [5.74, 6) is 1.82. The van der Waals surface area contributed by atoms with E-state index >= 15 is 0 Å². The Hall–Kier alpha value is -2.63. The average Bonchev–Trinajstić information content (AvgIpc) is 2.63. The summed E-state index contributed by atoms with van der Waals surface area (Å²) in [6.07, 6.45) is 6.20. The SMILES string of the molecule is CCOC(=O)c1ccccc1Nc1cc(NC2CCCCC2)nc(C)n1. The highest BCUT2D eigenvalue weighted by atomic mass is 16.5. The van der Waals surface area contributed by atoms with Gasteiger partial charge in [-0.05, 0) is 38.8 Å². The van der Waals surface area contributed by atoms with E-state index in [9.17, 15) is 4.79 Å². The highest BCUT2D eigenvalue weighted by Gasteiger charge is 2.15. The van der Waals surface area contributed by atoms with Crippen LogP contribution >= 0.6 is 0 Å². The zero-order valence-electron chi connectivity index (χ0n) is 15.4. The molecule has 6 heteroatoms. The summed E-state index contributed by atoms with van der Waals surface area (Å²) in [4.78, 5) is 21.1.